The molecule has 0 heterocycles. The van der Waals surface area contributed by atoms with Crippen molar-refractivity contribution in [3.8, 4) is 5.75 Å². The van der Waals surface area contributed by atoms with Gasteiger partial charge < -0.3 is 9.47 Å². The lowest BCUT2D eigenvalue weighted by molar-refractivity contribution is -0.158. The van der Waals surface area contributed by atoms with Gasteiger partial charge in [-0.25, -0.2) is 8.42 Å². The summed E-state index contributed by atoms with van der Waals surface area (Å²) < 4.78 is 72.7. The first-order valence-electron chi connectivity index (χ1n) is 12.4. The third-order valence-electron chi connectivity index (χ3n) is 5.45. The number of hydrogen-bond donors (Lipinski definition) is 0. The quantitative estimate of drug-likeness (QED) is 0.119. The van der Waals surface area contributed by atoms with E-state index in [1.54, 1.807) is 24.3 Å². The van der Waals surface area contributed by atoms with Crippen LogP contribution in [0.5, 0.6) is 5.75 Å². The van der Waals surface area contributed by atoms with Crippen LogP contribution in [0.3, 0.4) is 0 Å². The Morgan fingerprint density at radius 3 is 1.94 bits per heavy atom. The predicted octanol–water partition coefficient (Wildman–Crippen LogP) is 6.95. The molecular formula is C26H39F3O5S. The molecule has 0 aliphatic heterocycles. The maximum Gasteiger partial charge on any atom is 0.449 e. The summed E-state index contributed by atoms with van der Waals surface area (Å²) in [5, 5.41) is 0. The predicted molar refractivity (Wildman–Crippen MR) is 132 cm³/mol. The van der Waals surface area contributed by atoms with E-state index in [9.17, 15) is 26.4 Å². The van der Waals surface area contributed by atoms with Gasteiger partial charge in [0, 0.05) is 6.92 Å². The van der Waals surface area contributed by atoms with Gasteiger partial charge in [0.1, 0.15) is 12.4 Å². The minimum atomic E-state index is -4.76. The van der Waals surface area contributed by atoms with E-state index >= 15 is 0 Å². The number of rotatable bonds is 18. The molecule has 0 unspecified atom stereocenters. The molecule has 0 saturated carbocycles. The average Bonchev–Trinajstić information content (AvgIpc) is 2.77. The summed E-state index contributed by atoms with van der Waals surface area (Å²) >= 11 is 0. The van der Waals surface area contributed by atoms with Crippen LogP contribution in [-0.2, 0) is 25.8 Å². The Morgan fingerprint density at radius 2 is 1.43 bits per heavy atom. The maximum absolute atomic E-state index is 12.9. The molecule has 1 rings (SSSR count). The number of ether oxygens (including phenoxy) is 2. The molecule has 0 atom stereocenters. The summed E-state index contributed by atoms with van der Waals surface area (Å²) in [6.45, 7) is 3.13. The molecule has 1 aromatic rings. The van der Waals surface area contributed by atoms with Gasteiger partial charge in [0.05, 0.1) is 11.5 Å². The Morgan fingerprint density at radius 1 is 0.886 bits per heavy atom. The smallest absolute Gasteiger partial charge is 0.449 e. The van der Waals surface area contributed by atoms with Crippen LogP contribution in [0.1, 0.15) is 83.6 Å². The summed E-state index contributed by atoms with van der Waals surface area (Å²) in [7, 11) is -3.19. The molecule has 0 N–H and O–H groups in total. The van der Waals surface area contributed by atoms with Crippen LogP contribution in [0.15, 0.2) is 36.1 Å². The van der Waals surface area contributed by atoms with Crippen LogP contribution in [0.4, 0.5) is 13.2 Å². The minimum Gasteiger partial charge on any atom is -0.493 e. The van der Waals surface area contributed by atoms with E-state index in [-0.39, 0.29) is 24.5 Å². The lowest BCUT2D eigenvalue weighted by atomic mass is 10.1. The van der Waals surface area contributed by atoms with Crippen molar-refractivity contribution in [1.29, 1.82) is 0 Å². The van der Waals surface area contributed by atoms with E-state index in [1.807, 2.05) is 0 Å². The topological polar surface area (TPSA) is 69.7 Å². The number of unbranched alkanes of at least 4 members (excludes halogenated alkanes) is 9. The molecule has 0 bridgehead atoms. The fourth-order valence-electron chi connectivity index (χ4n) is 3.50. The standard InChI is InChI=1S/C26H39F3O5S/c1-3-4-5-6-7-8-9-10-11-12-20-35(31,32)21-19-33-24-16-13-23(14-17-24)15-18-25(26(27,28)29)34-22(2)30/h13-14,16-18H,3-12,15,19-21H2,1-2H3/b25-18+. The Kier molecular flexibility index (Phi) is 14.7. The third-order valence-corrected chi connectivity index (χ3v) is 7.15. The highest BCUT2D eigenvalue weighted by molar-refractivity contribution is 7.91. The SMILES string of the molecule is CCCCCCCCCCCCS(=O)(=O)CCOc1ccc(C/C=C(/OC(C)=O)C(F)(F)F)cc1. The molecule has 1 aromatic carbocycles. The Balaban J connectivity index is 2.29. The van der Waals surface area contributed by atoms with Crippen molar-refractivity contribution in [1.82, 2.24) is 0 Å². The first kappa shape index (κ1) is 31.0. The van der Waals surface area contributed by atoms with Gasteiger partial charge in [-0.2, -0.15) is 13.2 Å². The largest absolute Gasteiger partial charge is 0.493 e. The van der Waals surface area contributed by atoms with Gasteiger partial charge in [-0.1, -0.05) is 76.8 Å². The summed E-state index contributed by atoms with van der Waals surface area (Å²) in [5.74, 6) is -1.88. The highest BCUT2D eigenvalue weighted by Crippen LogP contribution is 2.27. The third kappa shape index (κ3) is 15.6. The highest BCUT2D eigenvalue weighted by atomic mass is 32.2. The summed E-state index contributed by atoms with van der Waals surface area (Å²) in [5.41, 5.74) is 0.555. The fraction of sp³-hybridized carbons (Fsp3) is 0.654. The van der Waals surface area contributed by atoms with Gasteiger partial charge in [0.25, 0.3) is 0 Å². The fourth-order valence-corrected chi connectivity index (χ4v) is 4.69. The number of allylic oxidation sites excluding steroid dienone is 2. The number of benzene rings is 1. The molecule has 0 aliphatic rings. The van der Waals surface area contributed by atoms with Crippen molar-refractivity contribution in [2.75, 3.05) is 18.1 Å². The van der Waals surface area contributed by atoms with Crippen molar-refractivity contribution in [2.24, 2.45) is 0 Å². The second-order valence-corrected chi connectivity index (χ2v) is 11.0. The van der Waals surface area contributed by atoms with E-state index < -0.39 is 27.7 Å². The number of sulfone groups is 1. The average molecular weight is 521 g/mol. The van der Waals surface area contributed by atoms with Gasteiger partial charge >= 0.3 is 12.1 Å². The molecule has 0 saturated heterocycles. The summed E-state index contributed by atoms with van der Waals surface area (Å²) in [6, 6.07) is 6.28. The lowest BCUT2D eigenvalue weighted by Gasteiger charge is -2.11. The number of hydrogen-bond acceptors (Lipinski definition) is 5. The van der Waals surface area contributed by atoms with Crippen LogP contribution in [-0.4, -0.2) is 38.7 Å². The lowest BCUT2D eigenvalue weighted by Crippen LogP contribution is -2.17. The zero-order chi connectivity index (χ0) is 26.2. The van der Waals surface area contributed by atoms with Crippen LogP contribution in [0.2, 0.25) is 0 Å². The summed E-state index contributed by atoms with van der Waals surface area (Å²) in [6.07, 6.45) is 7.37. The number of halogens is 3. The van der Waals surface area contributed by atoms with Gasteiger partial charge in [-0.05, 0) is 36.6 Å². The van der Waals surface area contributed by atoms with E-state index in [4.69, 9.17) is 4.74 Å². The van der Waals surface area contributed by atoms with E-state index in [2.05, 4.69) is 11.7 Å². The van der Waals surface area contributed by atoms with Crippen molar-refractivity contribution < 1.29 is 35.9 Å². The molecule has 0 aromatic heterocycles. The molecule has 0 radical (unpaired) electrons. The van der Waals surface area contributed by atoms with Crippen molar-refractivity contribution in [3.05, 3.63) is 41.7 Å². The summed E-state index contributed by atoms with van der Waals surface area (Å²) in [4.78, 5) is 10.9. The molecule has 35 heavy (non-hydrogen) atoms. The number of carbonyl (C=O) groups is 1. The number of esters is 1. The van der Waals surface area contributed by atoms with Gasteiger partial charge in [0.15, 0.2) is 9.84 Å². The molecule has 0 amide bonds. The van der Waals surface area contributed by atoms with Crippen LogP contribution in [0.25, 0.3) is 0 Å². The monoisotopic (exact) mass is 520 g/mol. The molecule has 200 valence electrons. The van der Waals surface area contributed by atoms with E-state index in [0.717, 1.165) is 32.3 Å². The van der Waals surface area contributed by atoms with E-state index in [0.29, 0.717) is 17.7 Å². The molecule has 0 fully saturated rings. The Labute approximate surface area is 208 Å². The van der Waals surface area contributed by atoms with Crippen LogP contribution >= 0.6 is 0 Å². The molecule has 0 spiro atoms. The van der Waals surface area contributed by atoms with Crippen molar-refractivity contribution in [3.63, 3.8) is 0 Å². The van der Waals surface area contributed by atoms with Crippen molar-refractivity contribution >= 4 is 15.8 Å². The second kappa shape index (κ2) is 16.6. The zero-order valence-corrected chi connectivity index (χ0v) is 21.7. The van der Waals surface area contributed by atoms with Gasteiger partial charge in [-0.3, -0.25) is 4.79 Å². The Hall–Kier alpha value is -2.03. The zero-order valence-electron chi connectivity index (χ0n) is 20.9. The normalized spacial score (nSPS) is 12.5. The minimum absolute atomic E-state index is 0.0179. The van der Waals surface area contributed by atoms with Crippen molar-refractivity contribution in [2.45, 2.75) is 90.7 Å². The number of alkyl halides is 3. The second-order valence-electron chi connectivity index (χ2n) is 8.69. The van der Waals surface area contributed by atoms with Gasteiger partial charge in [-0.15, -0.1) is 0 Å². The maximum atomic E-state index is 12.9. The highest BCUT2D eigenvalue weighted by Gasteiger charge is 2.36. The number of carbonyl (C=O) groups excluding carboxylic acids is 1. The molecule has 0 aliphatic carbocycles. The molecule has 9 heteroatoms. The van der Waals surface area contributed by atoms with Crippen LogP contribution in [0, 0.1) is 0 Å². The Bertz CT molecular complexity index is 862. The molecular weight excluding hydrogens is 481 g/mol. The van der Waals surface area contributed by atoms with E-state index in [1.165, 1.54) is 38.5 Å². The first-order valence-corrected chi connectivity index (χ1v) is 14.2. The first-order chi connectivity index (χ1) is 16.5. The molecule has 5 nitrogen and oxygen atoms in total. The van der Waals surface area contributed by atoms with Gasteiger partial charge in [0.2, 0.25) is 5.76 Å². The van der Waals surface area contributed by atoms with Crippen LogP contribution < -0.4 is 4.74 Å².